The predicted octanol–water partition coefficient (Wildman–Crippen LogP) is 2.37. The highest BCUT2D eigenvalue weighted by Crippen LogP contribution is 2.32. The molecule has 0 amide bonds. The van der Waals surface area contributed by atoms with Crippen molar-refractivity contribution in [2.24, 2.45) is 5.73 Å². The van der Waals surface area contributed by atoms with E-state index in [0.29, 0.717) is 6.04 Å². The molecule has 82 valence electrons. The number of fused-ring (bicyclic) bond motifs is 1. The van der Waals surface area contributed by atoms with Crippen LogP contribution >= 0.6 is 15.9 Å². The number of rotatable bonds is 4. The molecule has 0 aliphatic heterocycles. The van der Waals surface area contributed by atoms with Gasteiger partial charge in [-0.15, -0.1) is 0 Å². The van der Waals surface area contributed by atoms with E-state index in [1.807, 2.05) is 0 Å². The zero-order chi connectivity index (χ0) is 10.7. The molecule has 3 heteroatoms. The van der Waals surface area contributed by atoms with E-state index >= 15 is 0 Å². The van der Waals surface area contributed by atoms with Crippen LogP contribution in [-0.2, 0) is 6.42 Å². The minimum atomic E-state index is 0.541. The molecular formula is C12H17BrN2. The fourth-order valence-corrected chi connectivity index (χ4v) is 2.58. The Bertz CT molecular complexity index is 338. The van der Waals surface area contributed by atoms with Crippen LogP contribution in [0.3, 0.4) is 0 Å². The molecule has 0 saturated heterocycles. The molecule has 0 radical (unpaired) electrons. The molecule has 1 aromatic carbocycles. The number of benzene rings is 1. The van der Waals surface area contributed by atoms with Gasteiger partial charge in [-0.25, -0.2) is 0 Å². The smallest absolute Gasteiger partial charge is 0.0326 e. The van der Waals surface area contributed by atoms with Crippen LogP contribution in [0, 0.1) is 0 Å². The minimum Gasteiger partial charge on any atom is -0.330 e. The van der Waals surface area contributed by atoms with Crippen LogP contribution in [0.25, 0.3) is 0 Å². The Balaban J connectivity index is 2.02. The highest BCUT2D eigenvalue weighted by Gasteiger charge is 2.21. The van der Waals surface area contributed by atoms with Gasteiger partial charge in [0.2, 0.25) is 0 Å². The van der Waals surface area contributed by atoms with Crippen molar-refractivity contribution < 1.29 is 0 Å². The largest absolute Gasteiger partial charge is 0.330 e. The molecule has 0 spiro atoms. The molecule has 1 aromatic rings. The first-order valence-electron chi connectivity index (χ1n) is 5.53. The van der Waals surface area contributed by atoms with Gasteiger partial charge in [0.15, 0.2) is 0 Å². The van der Waals surface area contributed by atoms with Crippen LogP contribution in [0.5, 0.6) is 0 Å². The molecule has 2 rings (SSSR count). The quantitative estimate of drug-likeness (QED) is 0.823. The summed E-state index contributed by atoms with van der Waals surface area (Å²) in [6.45, 7) is 1.80. The Morgan fingerprint density at radius 3 is 3.13 bits per heavy atom. The van der Waals surface area contributed by atoms with Crippen molar-refractivity contribution in [1.82, 2.24) is 5.32 Å². The predicted molar refractivity (Wildman–Crippen MR) is 66.9 cm³/mol. The van der Waals surface area contributed by atoms with Crippen LogP contribution in [0.2, 0.25) is 0 Å². The number of nitrogens with one attached hydrogen (secondary N) is 1. The third kappa shape index (κ3) is 2.60. The lowest BCUT2D eigenvalue weighted by Crippen LogP contribution is -2.22. The zero-order valence-electron chi connectivity index (χ0n) is 8.80. The van der Waals surface area contributed by atoms with E-state index in [4.69, 9.17) is 5.73 Å². The summed E-state index contributed by atoms with van der Waals surface area (Å²) in [6, 6.07) is 7.13. The van der Waals surface area contributed by atoms with Crippen molar-refractivity contribution in [3.63, 3.8) is 0 Å². The van der Waals surface area contributed by atoms with Gasteiger partial charge < -0.3 is 11.1 Å². The zero-order valence-corrected chi connectivity index (χ0v) is 10.4. The van der Waals surface area contributed by atoms with Crippen molar-refractivity contribution in [1.29, 1.82) is 0 Å². The maximum absolute atomic E-state index is 5.48. The molecule has 0 heterocycles. The van der Waals surface area contributed by atoms with Crippen molar-refractivity contribution in [2.45, 2.75) is 25.3 Å². The highest BCUT2D eigenvalue weighted by molar-refractivity contribution is 9.10. The molecule has 0 aromatic heterocycles. The molecule has 0 bridgehead atoms. The van der Waals surface area contributed by atoms with Crippen molar-refractivity contribution in [3.8, 4) is 0 Å². The average Bonchev–Trinajstić information content (AvgIpc) is 2.61. The second-order valence-electron chi connectivity index (χ2n) is 4.03. The summed E-state index contributed by atoms with van der Waals surface area (Å²) in [5.41, 5.74) is 8.43. The van der Waals surface area contributed by atoms with E-state index in [9.17, 15) is 0 Å². The molecular weight excluding hydrogens is 252 g/mol. The summed E-state index contributed by atoms with van der Waals surface area (Å²) in [5, 5.41) is 3.56. The SMILES string of the molecule is NCCCNC1CCc2cc(Br)ccc21. The van der Waals surface area contributed by atoms with Gasteiger partial charge >= 0.3 is 0 Å². The van der Waals surface area contributed by atoms with Crippen molar-refractivity contribution >= 4 is 15.9 Å². The molecule has 1 unspecified atom stereocenters. The summed E-state index contributed by atoms with van der Waals surface area (Å²) in [5.74, 6) is 0. The van der Waals surface area contributed by atoms with Crippen molar-refractivity contribution in [3.05, 3.63) is 33.8 Å². The molecule has 2 nitrogen and oxygen atoms in total. The van der Waals surface area contributed by atoms with Crippen molar-refractivity contribution in [2.75, 3.05) is 13.1 Å². The van der Waals surface area contributed by atoms with E-state index in [-0.39, 0.29) is 0 Å². The lowest BCUT2D eigenvalue weighted by Gasteiger charge is -2.13. The summed E-state index contributed by atoms with van der Waals surface area (Å²) in [6.07, 6.45) is 3.47. The molecule has 1 atom stereocenters. The Morgan fingerprint density at radius 1 is 1.47 bits per heavy atom. The Kier molecular flexibility index (Phi) is 3.78. The lowest BCUT2D eigenvalue weighted by atomic mass is 10.1. The van der Waals surface area contributed by atoms with Crippen LogP contribution in [0.4, 0.5) is 0 Å². The molecule has 1 aliphatic rings. The van der Waals surface area contributed by atoms with E-state index in [1.54, 1.807) is 0 Å². The number of halogens is 1. The van der Waals surface area contributed by atoms with E-state index in [0.717, 1.165) is 19.5 Å². The highest BCUT2D eigenvalue weighted by atomic mass is 79.9. The average molecular weight is 269 g/mol. The summed E-state index contributed by atoms with van der Waals surface area (Å²) in [4.78, 5) is 0. The Labute approximate surface area is 99.4 Å². The summed E-state index contributed by atoms with van der Waals surface area (Å²) in [7, 11) is 0. The topological polar surface area (TPSA) is 38.0 Å². The number of hydrogen-bond acceptors (Lipinski definition) is 2. The third-order valence-electron chi connectivity index (χ3n) is 2.95. The van der Waals surface area contributed by atoms with Gasteiger partial charge in [0.1, 0.15) is 0 Å². The van der Waals surface area contributed by atoms with Gasteiger partial charge in [-0.3, -0.25) is 0 Å². The number of aryl methyl sites for hydroxylation is 1. The van der Waals surface area contributed by atoms with Crippen LogP contribution in [0.1, 0.15) is 30.0 Å². The van der Waals surface area contributed by atoms with Gasteiger partial charge in [0.05, 0.1) is 0 Å². The molecule has 15 heavy (non-hydrogen) atoms. The van der Waals surface area contributed by atoms with Gasteiger partial charge in [0.25, 0.3) is 0 Å². The normalized spacial score (nSPS) is 19.2. The second kappa shape index (κ2) is 5.10. The first kappa shape index (κ1) is 11.1. The lowest BCUT2D eigenvalue weighted by molar-refractivity contribution is 0.523. The van der Waals surface area contributed by atoms with Crippen LogP contribution in [0.15, 0.2) is 22.7 Å². The fraction of sp³-hybridized carbons (Fsp3) is 0.500. The second-order valence-corrected chi connectivity index (χ2v) is 4.95. The molecule has 0 fully saturated rings. The Morgan fingerprint density at radius 2 is 2.33 bits per heavy atom. The first-order chi connectivity index (χ1) is 7.31. The third-order valence-corrected chi connectivity index (χ3v) is 3.45. The first-order valence-corrected chi connectivity index (χ1v) is 6.32. The minimum absolute atomic E-state index is 0.541. The Hall–Kier alpha value is -0.380. The fourth-order valence-electron chi connectivity index (χ4n) is 2.18. The summed E-state index contributed by atoms with van der Waals surface area (Å²) < 4.78 is 1.18. The summed E-state index contributed by atoms with van der Waals surface area (Å²) >= 11 is 3.51. The van der Waals surface area contributed by atoms with E-state index in [1.165, 1.54) is 28.4 Å². The number of hydrogen-bond donors (Lipinski definition) is 2. The van der Waals surface area contributed by atoms with Gasteiger partial charge in [-0.1, -0.05) is 22.0 Å². The monoisotopic (exact) mass is 268 g/mol. The van der Waals surface area contributed by atoms with Crippen LogP contribution in [-0.4, -0.2) is 13.1 Å². The van der Waals surface area contributed by atoms with Crippen LogP contribution < -0.4 is 11.1 Å². The van der Waals surface area contributed by atoms with Gasteiger partial charge in [-0.05, 0) is 55.6 Å². The van der Waals surface area contributed by atoms with E-state index in [2.05, 4.69) is 39.4 Å². The molecule has 1 aliphatic carbocycles. The van der Waals surface area contributed by atoms with Gasteiger partial charge in [0, 0.05) is 10.5 Å². The maximum atomic E-state index is 5.48. The van der Waals surface area contributed by atoms with Gasteiger partial charge in [-0.2, -0.15) is 0 Å². The molecule has 3 N–H and O–H groups in total. The number of nitrogens with two attached hydrogens (primary N) is 1. The molecule has 0 saturated carbocycles. The standard InChI is InChI=1S/C12H17BrN2/c13-10-3-4-11-9(8-10)2-5-12(11)15-7-1-6-14/h3-4,8,12,15H,1-2,5-7,14H2. The van der Waals surface area contributed by atoms with E-state index < -0.39 is 0 Å². The maximum Gasteiger partial charge on any atom is 0.0326 e.